The highest BCUT2D eigenvalue weighted by Gasteiger charge is 2.25. The molecule has 3 amide bonds. The number of hydrogen-bond acceptors (Lipinski definition) is 6. The number of carbonyl (C=O) groups excluding carboxylic acids is 3. The minimum Gasteiger partial charge on any atom is -0.452 e. The number of sulfonamides is 1. The standard InChI is InChI=1S/C18H26ClN3O6S/c1-5-6-9-20-17(25)21-15(23)11-28-16(24)12-7-8-13(19)14(10-12)29(26,27)22-18(2,3)4/h7-8,10,22H,5-6,9,11H2,1-4H3,(H2,20,21,23,25). The van der Waals surface area contributed by atoms with Crippen molar-refractivity contribution in [2.75, 3.05) is 13.2 Å². The van der Waals surface area contributed by atoms with Crippen LogP contribution in [-0.2, 0) is 19.6 Å². The van der Waals surface area contributed by atoms with Gasteiger partial charge in [-0.3, -0.25) is 10.1 Å². The zero-order chi connectivity index (χ0) is 22.2. The number of esters is 1. The number of imide groups is 1. The summed E-state index contributed by atoms with van der Waals surface area (Å²) in [7, 11) is -3.98. The summed E-state index contributed by atoms with van der Waals surface area (Å²) < 4.78 is 32.2. The van der Waals surface area contributed by atoms with Crippen LogP contribution >= 0.6 is 11.6 Å². The van der Waals surface area contributed by atoms with Gasteiger partial charge in [0.2, 0.25) is 10.0 Å². The molecule has 3 N–H and O–H groups in total. The zero-order valence-corrected chi connectivity index (χ0v) is 18.4. The van der Waals surface area contributed by atoms with Crippen molar-refractivity contribution in [1.82, 2.24) is 15.4 Å². The van der Waals surface area contributed by atoms with E-state index in [1.54, 1.807) is 20.8 Å². The van der Waals surface area contributed by atoms with Crippen LogP contribution in [0.2, 0.25) is 5.02 Å². The maximum atomic E-state index is 12.5. The minimum absolute atomic E-state index is 0.0696. The Morgan fingerprint density at radius 1 is 1.17 bits per heavy atom. The van der Waals surface area contributed by atoms with Crippen LogP contribution in [0.3, 0.4) is 0 Å². The Bertz CT molecular complexity index is 865. The number of benzene rings is 1. The Kier molecular flexibility index (Phi) is 9.06. The normalized spacial score (nSPS) is 11.6. The van der Waals surface area contributed by atoms with Crippen molar-refractivity contribution >= 4 is 39.5 Å². The van der Waals surface area contributed by atoms with Crippen LogP contribution < -0.4 is 15.4 Å². The molecule has 9 nitrogen and oxygen atoms in total. The summed E-state index contributed by atoms with van der Waals surface area (Å²) >= 11 is 5.97. The Balaban J connectivity index is 2.76. The molecule has 1 rings (SSSR count). The Hall–Kier alpha value is -2.17. The van der Waals surface area contributed by atoms with E-state index < -0.39 is 40.1 Å². The molecule has 0 spiro atoms. The molecule has 0 heterocycles. The predicted octanol–water partition coefficient (Wildman–Crippen LogP) is 2.20. The molecule has 0 aliphatic heterocycles. The topological polar surface area (TPSA) is 131 Å². The summed E-state index contributed by atoms with van der Waals surface area (Å²) in [6, 6.07) is 2.90. The minimum atomic E-state index is -3.98. The van der Waals surface area contributed by atoms with Crippen molar-refractivity contribution in [3.05, 3.63) is 28.8 Å². The van der Waals surface area contributed by atoms with Gasteiger partial charge in [-0.2, -0.15) is 0 Å². The van der Waals surface area contributed by atoms with E-state index in [2.05, 4.69) is 10.0 Å². The van der Waals surface area contributed by atoms with Gasteiger partial charge in [0.1, 0.15) is 4.90 Å². The molecule has 0 atom stereocenters. The van der Waals surface area contributed by atoms with E-state index in [0.717, 1.165) is 18.9 Å². The third-order valence-corrected chi connectivity index (χ3v) is 5.54. The van der Waals surface area contributed by atoms with E-state index in [1.165, 1.54) is 12.1 Å². The van der Waals surface area contributed by atoms with E-state index in [-0.39, 0.29) is 15.5 Å². The molecular weight excluding hydrogens is 422 g/mol. The number of hydrogen-bond donors (Lipinski definition) is 3. The highest BCUT2D eigenvalue weighted by Crippen LogP contribution is 2.24. The van der Waals surface area contributed by atoms with Gasteiger partial charge in [-0.25, -0.2) is 22.7 Å². The lowest BCUT2D eigenvalue weighted by Gasteiger charge is -2.21. The molecule has 29 heavy (non-hydrogen) atoms. The number of ether oxygens (including phenoxy) is 1. The second kappa shape index (κ2) is 10.6. The number of nitrogens with one attached hydrogen (secondary N) is 3. The quantitative estimate of drug-likeness (QED) is 0.413. The average Bonchev–Trinajstić information content (AvgIpc) is 2.58. The summed E-state index contributed by atoms with van der Waals surface area (Å²) in [5, 5.41) is 4.44. The van der Waals surface area contributed by atoms with Crippen molar-refractivity contribution in [2.45, 2.75) is 51.0 Å². The van der Waals surface area contributed by atoms with Gasteiger partial charge in [-0.05, 0) is 45.4 Å². The summed E-state index contributed by atoms with van der Waals surface area (Å²) in [4.78, 5) is 35.0. The maximum absolute atomic E-state index is 12.5. The molecule has 0 bridgehead atoms. The lowest BCUT2D eigenvalue weighted by Crippen LogP contribution is -2.41. The number of unbranched alkanes of at least 4 members (excludes halogenated alkanes) is 1. The molecule has 0 unspecified atom stereocenters. The van der Waals surface area contributed by atoms with Crippen LogP contribution in [0.1, 0.15) is 50.9 Å². The van der Waals surface area contributed by atoms with E-state index >= 15 is 0 Å². The van der Waals surface area contributed by atoms with Gasteiger partial charge in [-0.15, -0.1) is 0 Å². The summed E-state index contributed by atoms with van der Waals surface area (Å²) in [5.41, 5.74) is -0.863. The fraction of sp³-hybridized carbons (Fsp3) is 0.500. The molecule has 1 aromatic rings. The van der Waals surface area contributed by atoms with Crippen LogP contribution in [-0.4, -0.2) is 45.0 Å². The molecule has 0 saturated heterocycles. The van der Waals surface area contributed by atoms with Crippen molar-refractivity contribution in [2.24, 2.45) is 0 Å². The monoisotopic (exact) mass is 447 g/mol. The largest absolute Gasteiger partial charge is 0.452 e. The van der Waals surface area contributed by atoms with Crippen molar-refractivity contribution in [3.63, 3.8) is 0 Å². The predicted molar refractivity (Wildman–Crippen MR) is 108 cm³/mol. The smallest absolute Gasteiger partial charge is 0.338 e. The molecule has 11 heteroatoms. The second-order valence-electron chi connectivity index (χ2n) is 7.23. The first-order valence-corrected chi connectivity index (χ1v) is 10.8. The van der Waals surface area contributed by atoms with Gasteiger partial charge in [-0.1, -0.05) is 24.9 Å². The number of urea groups is 1. The summed E-state index contributed by atoms with van der Waals surface area (Å²) in [5.74, 6) is -1.75. The number of rotatable bonds is 8. The number of carbonyl (C=O) groups is 3. The van der Waals surface area contributed by atoms with Gasteiger partial charge in [0.15, 0.2) is 6.61 Å². The third kappa shape index (κ3) is 8.80. The highest BCUT2D eigenvalue weighted by atomic mass is 35.5. The van der Waals surface area contributed by atoms with Gasteiger partial charge in [0, 0.05) is 12.1 Å². The van der Waals surface area contributed by atoms with Crippen LogP contribution in [0.5, 0.6) is 0 Å². The highest BCUT2D eigenvalue weighted by molar-refractivity contribution is 7.89. The van der Waals surface area contributed by atoms with E-state index in [9.17, 15) is 22.8 Å². The van der Waals surface area contributed by atoms with Crippen molar-refractivity contribution in [3.8, 4) is 0 Å². The second-order valence-corrected chi connectivity index (χ2v) is 9.29. The third-order valence-electron chi connectivity index (χ3n) is 3.30. The van der Waals surface area contributed by atoms with Crippen LogP contribution in [0.15, 0.2) is 23.1 Å². The van der Waals surface area contributed by atoms with Gasteiger partial charge in [0.25, 0.3) is 5.91 Å². The number of halogens is 1. The van der Waals surface area contributed by atoms with Crippen molar-refractivity contribution < 1.29 is 27.5 Å². The molecule has 0 aliphatic carbocycles. The van der Waals surface area contributed by atoms with E-state index in [1.807, 2.05) is 12.2 Å². The van der Waals surface area contributed by atoms with Gasteiger partial charge >= 0.3 is 12.0 Å². The van der Waals surface area contributed by atoms with Crippen LogP contribution in [0, 0.1) is 0 Å². The van der Waals surface area contributed by atoms with Gasteiger partial charge < -0.3 is 10.1 Å². The van der Waals surface area contributed by atoms with Gasteiger partial charge in [0.05, 0.1) is 10.6 Å². The maximum Gasteiger partial charge on any atom is 0.338 e. The molecule has 162 valence electrons. The van der Waals surface area contributed by atoms with E-state index in [0.29, 0.717) is 6.54 Å². The van der Waals surface area contributed by atoms with Crippen LogP contribution in [0.4, 0.5) is 4.79 Å². The average molecular weight is 448 g/mol. The number of amides is 3. The fourth-order valence-electron chi connectivity index (χ4n) is 2.09. The first kappa shape index (κ1) is 24.9. The van der Waals surface area contributed by atoms with Crippen LogP contribution in [0.25, 0.3) is 0 Å². The Morgan fingerprint density at radius 3 is 2.41 bits per heavy atom. The molecule has 0 aromatic heterocycles. The fourth-order valence-corrected chi connectivity index (χ4v) is 4.04. The SMILES string of the molecule is CCCCNC(=O)NC(=O)COC(=O)c1ccc(Cl)c(S(=O)(=O)NC(C)(C)C)c1. The molecule has 0 aliphatic rings. The van der Waals surface area contributed by atoms with E-state index in [4.69, 9.17) is 16.3 Å². The molecule has 0 radical (unpaired) electrons. The summed E-state index contributed by atoms with van der Waals surface area (Å²) in [6.07, 6.45) is 1.65. The lowest BCUT2D eigenvalue weighted by atomic mass is 10.1. The molecule has 0 saturated carbocycles. The zero-order valence-electron chi connectivity index (χ0n) is 16.8. The summed E-state index contributed by atoms with van der Waals surface area (Å²) in [6.45, 7) is 6.65. The molecule has 0 fully saturated rings. The first-order valence-electron chi connectivity index (χ1n) is 8.94. The molecule has 1 aromatic carbocycles. The first-order chi connectivity index (χ1) is 13.4. The Labute approximate surface area is 175 Å². The lowest BCUT2D eigenvalue weighted by molar-refractivity contribution is -0.123. The van der Waals surface area contributed by atoms with Crippen molar-refractivity contribution in [1.29, 1.82) is 0 Å². The Morgan fingerprint density at radius 2 is 1.83 bits per heavy atom. The molecular formula is C18H26ClN3O6S.